The maximum absolute atomic E-state index is 12.2. The molecule has 0 aliphatic carbocycles. The quantitative estimate of drug-likeness (QED) is 0.534. The van der Waals surface area contributed by atoms with Crippen LogP contribution in [0.25, 0.3) is 16.7 Å². The van der Waals surface area contributed by atoms with Crippen LogP contribution in [0.2, 0.25) is 0 Å². The molecule has 0 unspecified atom stereocenters. The van der Waals surface area contributed by atoms with Gasteiger partial charge in [-0.25, -0.2) is 13.9 Å². The summed E-state index contributed by atoms with van der Waals surface area (Å²) >= 11 is 0. The molecule has 1 heterocycles. The van der Waals surface area contributed by atoms with Crippen molar-refractivity contribution in [1.82, 2.24) is 9.79 Å². The first kappa shape index (κ1) is 21.0. The fourth-order valence-electron chi connectivity index (χ4n) is 3.26. The van der Waals surface area contributed by atoms with Crippen LogP contribution in [-0.2, 0) is 14.8 Å². The summed E-state index contributed by atoms with van der Waals surface area (Å²) in [7, 11) is -3.75. The van der Waals surface area contributed by atoms with Gasteiger partial charge in [0.1, 0.15) is 11.5 Å². The minimum atomic E-state index is -3.75. The number of nitrogens with one attached hydrogen (secondary N) is 1. The van der Waals surface area contributed by atoms with Crippen molar-refractivity contribution in [2.24, 2.45) is 0 Å². The summed E-state index contributed by atoms with van der Waals surface area (Å²) in [6.07, 6.45) is 2.42. The summed E-state index contributed by atoms with van der Waals surface area (Å²) in [5.74, 6) is -0.869. The summed E-state index contributed by atoms with van der Waals surface area (Å²) in [6.45, 7) is 3.07. The van der Waals surface area contributed by atoms with Gasteiger partial charge in [0.25, 0.3) is 5.91 Å². The molecule has 2 N–H and O–H groups in total. The second kappa shape index (κ2) is 9.21. The Kier molecular flexibility index (Phi) is 6.68. The summed E-state index contributed by atoms with van der Waals surface area (Å²) < 4.78 is 31.2. The Morgan fingerprint density at radius 2 is 1.86 bits per heavy atom. The van der Waals surface area contributed by atoms with Crippen molar-refractivity contribution >= 4 is 21.5 Å². The predicted octanol–water partition coefficient (Wildman–Crippen LogP) is 2.68. The fraction of sp³-hybridized carbons (Fsp3) is 0.286. The highest BCUT2D eigenvalue weighted by Crippen LogP contribution is 2.28. The molecule has 3 rings (SSSR count). The van der Waals surface area contributed by atoms with E-state index in [1.807, 2.05) is 61.5 Å². The Morgan fingerprint density at radius 3 is 2.48 bits per heavy atom. The maximum Gasteiger partial charge on any atom is 0.259 e. The molecule has 0 saturated heterocycles. The molecule has 7 nitrogen and oxygen atoms in total. The van der Waals surface area contributed by atoms with Crippen molar-refractivity contribution in [2.75, 3.05) is 25.4 Å². The molecule has 0 bridgehead atoms. The number of carbonyl (C=O) groups is 1. The molecule has 1 amide bonds. The fourth-order valence-corrected chi connectivity index (χ4v) is 4.51. The summed E-state index contributed by atoms with van der Waals surface area (Å²) in [5.41, 5.74) is 5.61. The molecule has 0 aromatic heterocycles. The van der Waals surface area contributed by atoms with Crippen LogP contribution in [0, 0.1) is 0 Å². The van der Waals surface area contributed by atoms with Gasteiger partial charge in [0, 0.05) is 13.1 Å². The normalized spacial score (nSPS) is 14.9. The average molecular weight is 416 g/mol. The molecule has 0 radical (unpaired) electrons. The van der Waals surface area contributed by atoms with E-state index < -0.39 is 21.7 Å². The van der Waals surface area contributed by atoms with E-state index in [9.17, 15) is 13.2 Å². The number of ether oxygens (including phenoxy) is 1. The van der Waals surface area contributed by atoms with Crippen LogP contribution in [-0.4, -0.2) is 49.3 Å². The van der Waals surface area contributed by atoms with Crippen LogP contribution in [0.5, 0.6) is 5.75 Å². The highest BCUT2D eigenvalue weighted by molar-refractivity contribution is 7.89. The first-order valence-corrected chi connectivity index (χ1v) is 11.0. The lowest BCUT2D eigenvalue weighted by molar-refractivity contribution is -0.126. The van der Waals surface area contributed by atoms with Crippen molar-refractivity contribution in [3.63, 3.8) is 0 Å². The van der Waals surface area contributed by atoms with Crippen LogP contribution < -0.4 is 10.2 Å². The first-order valence-electron chi connectivity index (χ1n) is 9.36. The van der Waals surface area contributed by atoms with Crippen LogP contribution in [0.4, 0.5) is 0 Å². The van der Waals surface area contributed by atoms with Gasteiger partial charge in [0.15, 0.2) is 0 Å². The third-order valence-corrected chi connectivity index (χ3v) is 6.48. The van der Waals surface area contributed by atoms with Gasteiger partial charge in [-0.05, 0) is 47.7 Å². The summed E-state index contributed by atoms with van der Waals surface area (Å²) in [4.78, 5) is 11.2. The lowest BCUT2D eigenvalue weighted by Gasteiger charge is -2.25. The monoisotopic (exact) mass is 416 g/mol. The van der Waals surface area contributed by atoms with E-state index in [-0.39, 0.29) is 6.54 Å². The molecule has 0 spiro atoms. The third-order valence-electron chi connectivity index (χ3n) is 4.74. The zero-order valence-electron chi connectivity index (χ0n) is 16.2. The molecule has 0 atom stereocenters. The minimum absolute atomic E-state index is 0.203. The lowest BCUT2D eigenvalue weighted by Crippen LogP contribution is -2.40. The van der Waals surface area contributed by atoms with Crippen LogP contribution in [0.3, 0.4) is 0 Å². The number of nitrogens with zero attached hydrogens (tertiary/aromatic N) is 1. The topological polar surface area (TPSA) is 95.9 Å². The number of benzene rings is 2. The second-order valence-electron chi connectivity index (χ2n) is 6.67. The molecule has 0 saturated carbocycles. The number of hydrogen-bond donors (Lipinski definition) is 2. The van der Waals surface area contributed by atoms with E-state index >= 15 is 0 Å². The van der Waals surface area contributed by atoms with Gasteiger partial charge < -0.3 is 4.74 Å². The molecule has 29 heavy (non-hydrogen) atoms. The number of carbonyl (C=O) groups excluding carboxylic acids is 1. The van der Waals surface area contributed by atoms with Crippen LogP contribution >= 0.6 is 0 Å². The Bertz CT molecular complexity index is 1000. The van der Waals surface area contributed by atoms with Gasteiger partial charge in [-0.15, -0.1) is 0 Å². The molecule has 2 aromatic rings. The van der Waals surface area contributed by atoms with Crippen LogP contribution in [0.1, 0.15) is 18.9 Å². The number of rotatable bonds is 7. The largest absolute Gasteiger partial charge is 0.494 e. The van der Waals surface area contributed by atoms with Crippen molar-refractivity contribution in [1.29, 1.82) is 0 Å². The molecule has 2 aromatic carbocycles. The van der Waals surface area contributed by atoms with E-state index in [1.54, 1.807) is 0 Å². The van der Waals surface area contributed by atoms with Gasteiger partial charge in [0.2, 0.25) is 10.0 Å². The van der Waals surface area contributed by atoms with E-state index in [1.165, 1.54) is 9.79 Å². The average Bonchev–Trinajstić information content (AvgIpc) is 2.74. The van der Waals surface area contributed by atoms with E-state index in [4.69, 9.17) is 9.94 Å². The first-order chi connectivity index (χ1) is 13.9. The number of hydroxylamine groups is 1. The zero-order chi connectivity index (χ0) is 20.9. The van der Waals surface area contributed by atoms with Crippen molar-refractivity contribution in [3.8, 4) is 16.9 Å². The SMILES string of the molecule is CCOc1cccc(-c2ccc(C3=CCN(S(=O)(=O)CC(=O)NO)CC3)cc2)c1. The molecule has 0 fully saturated rings. The third kappa shape index (κ3) is 5.23. The zero-order valence-corrected chi connectivity index (χ0v) is 17.0. The Labute approximate surface area is 170 Å². The van der Waals surface area contributed by atoms with E-state index in [2.05, 4.69) is 0 Å². The van der Waals surface area contributed by atoms with Gasteiger partial charge in [-0.2, -0.15) is 4.31 Å². The molecule has 1 aliphatic heterocycles. The Morgan fingerprint density at radius 1 is 1.14 bits per heavy atom. The molecular formula is C21H24N2O5S. The highest BCUT2D eigenvalue weighted by Gasteiger charge is 2.26. The van der Waals surface area contributed by atoms with Gasteiger partial charge >= 0.3 is 0 Å². The van der Waals surface area contributed by atoms with Gasteiger partial charge in [0.05, 0.1) is 6.61 Å². The van der Waals surface area contributed by atoms with Crippen molar-refractivity contribution < 1.29 is 23.2 Å². The second-order valence-corrected chi connectivity index (χ2v) is 8.64. The van der Waals surface area contributed by atoms with Crippen molar-refractivity contribution in [3.05, 3.63) is 60.2 Å². The minimum Gasteiger partial charge on any atom is -0.494 e. The van der Waals surface area contributed by atoms with Gasteiger partial charge in [-0.1, -0.05) is 42.5 Å². The smallest absolute Gasteiger partial charge is 0.259 e. The molecule has 8 heteroatoms. The van der Waals surface area contributed by atoms with E-state index in [0.717, 1.165) is 28.0 Å². The number of hydrogen-bond acceptors (Lipinski definition) is 5. The summed E-state index contributed by atoms with van der Waals surface area (Å²) in [6, 6.07) is 16.1. The van der Waals surface area contributed by atoms with Crippen LogP contribution in [0.15, 0.2) is 54.6 Å². The molecule has 1 aliphatic rings. The Hall–Kier alpha value is -2.68. The molecular weight excluding hydrogens is 392 g/mol. The van der Waals surface area contributed by atoms with E-state index in [0.29, 0.717) is 19.6 Å². The highest BCUT2D eigenvalue weighted by atomic mass is 32.2. The Balaban J connectivity index is 1.70. The maximum atomic E-state index is 12.2. The number of sulfonamides is 1. The van der Waals surface area contributed by atoms with Crippen molar-refractivity contribution in [2.45, 2.75) is 13.3 Å². The predicted molar refractivity (Wildman–Crippen MR) is 111 cm³/mol. The molecule has 154 valence electrons. The van der Waals surface area contributed by atoms with Gasteiger partial charge in [-0.3, -0.25) is 10.0 Å². The lowest BCUT2D eigenvalue weighted by atomic mass is 9.97. The summed E-state index contributed by atoms with van der Waals surface area (Å²) in [5, 5.41) is 8.53. The number of amides is 1. The standard InChI is InChI=1S/C21H24N2O5S/c1-2-28-20-5-3-4-19(14-20)17-8-6-16(7-9-17)18-10-12-23(13-11-18)29(26,27)15-21(24)22-25/h3-10,14,25H,2,11-13,15H2,1H3,(H,22,24).